The third-order valence-electron chi connectivity index (χ3n) is 8.63. The summed E-state index contributed by atoms with van der Waals surface area (Å²) in [5.41, 5.74) is 3.51. The van der Waals surface area contributed by atoms with E-state index in [1.807, 2.05) is 67.2 Å². The zero-order valence-electron chi connectivity index (χ0n) is 24.1. The molecule has 0 saturated carbocycles. The number of rotatable bonds is 10. The molecule has 6 heteroatoms. The van der Waals surface area contributed by atoms with Gasteiger partial charge in [-0.3, -0.25) is 13.9 Å². The Morgan fingerprint density at radius 1 is 0.825 bits per heavy atom. The number of imidazole rings is 1. The molecule has 6 nitrogen and oxygen atoms in total. The lowest BCUT2D eigenvalue weighted by molar-refractivity contribution is -0.133. The molecule has 1 amide bonds. The number of hydrogen-bond acceptors (Lipinski definition) is 3. The topological polar surface area (TPSA) is 50.5 Å². The molecular weight excluding hydrogens is 496 g/mol. The second-order valence-corrected chi connectivity index (χ2v) is 11.3. The van der Waals surface area contributed by atoms with E-state index in [4.69, 9.17) is 0 Å². The number of aromatic nitrogens is 2. The average molecular weight is 539 g/mol. The van der Waals surface area contributed by atoms with Crippen molar-refractivity contribution >= 4 is 16.9 Å². The van der Waals surface area contributed by atoms with Crippen molar-refractivity contribution in [3.8, 4) is 0 Å². The normalized spacial score (nSPS) is 15.0. The molecule has 2 heterocycles. The summed E-state index contributed by atoms with van der Waals surface area (Å²) >= 11 is 0. The molecule has 1 aliphatic heterocycles. The summed E-state index contributed by atoms with van der Waals surface area (Å²) in [4.78, 5) is 31.7. The Labute approximate surface area is 237 Å². The summed E-state index contributed by atoms with van der Waals surface area (Å²) in [7, 11) is 3.70. The molecule has 40 heavy (non-hydrogen) atoms. The van der Waals surface area contributed by atoms with Gasteiger partial charge in [-0.1, -0.05) is 86.1 Å². The molecule has 4 aromatic rings. The molecule has 0 spiro atoms. The third-order valence-corrected chi connectivity index (χ3v) is 8.63. The smallest absolute Gasteiger partial charge is 0.329 e. The number of amides is 1. The molecule has 0 aliphatic carbocycles. The summed E-state index contributed by atoms with van der Waals surface area (Å²) < 4.78 is 4.02. The molecule has 0 bridgehead atoms. The highest BCUT2D eigenvalue weighted by Gasteiger charge is 2.43. The lowest BCUT2D eigenvalue weighted by Crippen LogP contribution is -2.47. The van der Waals surface area contributed by atoms with E-state index >= 15 is 0 Å². The number of benzene rings is 3. The van der Waals surface area contributed by atoms with E-state index in [0.29, 0.717) is 6.42 Å². The van der Waals surface area contributed by atoms with Crippen LogP contribution in [0.15, 0.2) is 89.7 Å². The summed E-state index contributed by atoms with van der Waals surface area (Å²) in [6.45, 7) is 5.55. The molecule has 1 aromatic heterocycles. The first-order valence-corrected chi connectivity index (χ1v) is 14.7. The van der Waals surface area contributed by atoms with Crippen molar-refractivity contribution in [2.45, 2.75) is 57.0 Å². The van der Waals surface area contributed by atoms with E-state index in [9.17, 15) is 9.59 Å². The summed E-state index contributed by atoms with van der Waals surface area (Å²) in [5.74, 6) is 0.103. The lowest BCUT2D eigenvalue weighted by atomic mass is 9.70. The fourth-order valence-electron chi connectivity index (χ4n) is 6.48. The molecule has 0 N–H and O–H groups in total. The molecule has 1 fully saturated rings. The van der Waals surface area contributed by atoms with E-state index in [1.54, 1.807) is 4.90 Å². The van der Waals surface area contributed by atoms with Crippen molar-refractivity contribution < 1.29 is 4.79 Å². The molecule has 1 saturated heterocycles. The van der Waals surface area contributed by atoms with Crippen LogP contribution in [0.2, 0.25) is 0 Å². The van der Waals surface area contributed by atoms with Gasteiger partial charge in [-0.05, 0) is 55.5 Å². The van der Waals surface area contributed by atoms with Gasteiger partial charge in [-0.15, -0.1) is 0 Å². The van der Waals surface area contributed by atoms with Gasteiger partial charge in [0, 0.05) is 39.8 Å². The quantitative estimate of drug-likeness (QED) is 0.260. The lowest BCUT2D eigenvalue weighted by Gasteiger charge is -2.39. The number of fused-ring (bicyclic) bond motifs is 1. The molecular formula is C34H42N4O2. The number of piperidine rings is 1. The van der Waals surface area contributed by atoms with Gasteiger partial charge in [-0.25, -0.2) is 4.79 Å². The van der Waals surface area contributed by atoms with Crippen molar-refractivity contribution in [3.63, 3.8) is 0 Å². The number of likely N-dealkylation sites (tertiary alicyclic amines) is 1. The first-order chi connectivity index (χ1) is 19.5. The minimum Gasteiger partial charge on any atom is -0.348 e. The summed E-state index contributed by atoms with van der Waals surface area (Å²) in [6, 6.07) is 28.9. The van der Waals surface area contributed by atoms with Crippen molar-refractivity contribution in [1.82, 2.24) is 18.9 Å². The summed E-state index contributed by atoms with van der Waals surface area (Å²) in [6.07, 6.45) is 4.61. The first kappa shape index (κ1) is 27.9. The van der Waals surface area contributed by atoms with E-state index in [2.05, 4.69) is 52.8 Å². The Morgan fingerprint density at radius 3 is 1.93 bits per heavy atom. The predicted octanol–water partition coefficient (Wildman–Crippen LogP) is 5.70. The second kappa shape index (κ2) is 12.3. The summed E-state index contributed by atoms with van der Waals surface area (Å²) in [5, 5.41) is 0. The minimum atomic E-state index is -0.757. The van der Waals surface area contributed by atoms with Gasteiger partial charge in [0.2, 0.25) is 5.91 Å². The average Bonchev–Trinajstić information content (AvgIpc) is 3.28. The van der Waals surface area contributed by atoms with Crippen LogP contribution in [0.5, 0.6) is 0 Å². The minimum absolute atomic E-state index is 0.103. The standard InChI is InChI=1S/C34H42N4O2/c1-4-5-23-37-30-18-12-13-19-31(30)38(33(37)40)29-20-24-36(25-21-29)26-22-34(32(39)35(2)3,27-14-8-6-9-15-27)28-16-10-7-11-17-28/h6-19,29H,4-5,20-26H2,1-3H3. The number of carbonyl (C=O) groups excluding carboxylic acids is 1. The van der Waals surface area contributed by atoms with E-state index in [-0.39, 0.29) is 17.6 Å². The number of nitrogens with zero attached hydrogens (tertiary/aromatic N) is 4. The SMILES string of the molecule is CCCCn1c(=O)n(C2CCN(CCC(C(=O)N(C)C)(c3ccccc3)c3ccccc3)CC2)c2ccccc21. The second-order valence-electron chi connectivity index (χ2n) is 11.3. The third kappa shape index (κ3) is 5.25. The first-order valence-electron chi connectivity index (χ1n) is 14.7. The van der Waals surface area contributed by atoms with E-state index in [0.717, 1.165) is 74.0 Å². The van der Waals surface area contributed by atoms with Crippen molar-refractivity contribution in [3.05, 3.63) is 107 Å². The van der Waals surface area contributed by atoms with Crippen LogP contribution < -0.4 is 5.69 Å². The Kier molecular flexibility index (Phi) is 8.55. The Morgan fingerprint density at radius 2 is 1.38 bits per heavy atom. The molecule has 3 aromatic carbocycles. The van der Waals surface area contributed by atoms with Crippen molar-refractivity contribution in [2.24, 2.45) is 0 Å². The molecule has 5 rings (SSSR count). The number of aryl methyl sites for hydroxylation is 1. The van der Waals surface area contributed by atoms with Crippen LogP contribution in [-0.4, -0.2) is 58.6 Å². The maximum Gasteiger partial charge on any atom is 0.329 e. The van der Waals surface area contributed by atoms with Gasteiger partial charge in [0.05, 0.1) is 11.0 Å². The van der Waals surface area contributed by atoms with Gasteiger partial charge < -0.3 is 9.80 Å². The fraction of sp³-hybridized carbons (Fsp3) is 0.412. The number of para-hydroxylation sites is 2. The van der Waals surface area contributed by atoms with Gasteiger partial charge >= 0.3 is 5.69 Å². The zero-order valence-corrected chi connectivity index (χ0v) is 24.1. The highest BCUT2D eigenvalue weighted by Crippen LogP contribution is 2.38. The van der Waals surface area contributed by atoms with Crippen LogP contribution >= 0.6 is 0 Å². The van der Waals surface area contributed by atoms with E-state index < -0.39 is 5.41 Å². The van der Waals surface area contributed by atoms with Crippen LogP contribution in [0.25, 0.3) is 11.0 Å². The molecule has 1 aliphatic rings. The maximum atomic E-state index is 14.0. The highest BCUT2D eigenvalue weighted by molar-refractivity contribution is 5.92. The largest absolute Gasteiger partial charge is 0.348 e. The molecule has 0 atom stereocenters. The molecule has 210 valence electrons. The monoisotopic (exact) mass is 538 g/mol. The van der Waals surface area contributed by atoms with Crippen molar-refractivity contribution in [2.75, 3.05) is 33.7 Å². The highest BCUT2D eigenvalue weighted by atomic mass is 16.2. The van der Waals surface area contributed by atoms with Gasteiger partial charge in [0.15, 0.2) is 0 Å². The van der Waals surface area contributed by atoms with Gasteiger partial charge in [0.1, 0.15) is 5.41 Å². The fourth-order valence-corrected chi connectivity index (χ4v) is 6.48. The van der Waals surface area contributed by atoms with Crippen molar-refractivity contribution in [1.29, 1.82) is 0 Å². The van der Waals surface area contributed by atoms with Gasteiger partial charge in [0.25, 0.3) is 0 Å². The van der Waals surface area contributed by atoms with Crippen LogP contribution in [0.3, 0.4) is 0 Å². The number of unbranched alkanes of at least 4 members (excludes halogenated alkanes) is 1. The predicted molar refractivity (Wildman–Crippen MR) is 163 cm³/mol. The number of carbonyl (C=O) groups is 1. The number of likely N-dealkylation sites (N-methyl/N-ethyl adjacent to an activating group) is 1. The zero-order chi connectivity index (χ0) is 28.1. The molecule has 0 radical (unpaired) electrons. The van der Waals surface area contributed by atoms with Gasteiger partial charge in [-0.2, -0.15) is 0 Å². The number of hydrogen-bond donors (Lipinski definition) is 0. The Hall–Kier alpha value is -3.64. The van der Waals surface area contributed by atoms with Crippen LogP contribution in [0.4, 0.5) is 0 Å². The van der Waals surface area contributed by atoms with E-state index in [1.165, 1.54) is 0 Å². The van der Waals surface area contributed by atoms with Crippen LogP contribution in [0.1, 0.15) is 56.2 Å². The Bertz CT molecular complexity index is 1420. The van der Waals surface area contributed by atoms with Crippen LogP contribution in [-0.2, 0) is 16.8 Å². The van der Waals surface area contributed by atoms with Crippen LogP contribution in [0, 0.1) is 0 Å². The Balaban J connectivity index is 1.38. The molecule has 0 unspecified atom stereocenters. The maximum absolute atomic E-state index is 14.0.